The molecule has 0 aliphatic carbocycles. The zero-order chi connectivity index (χ0) is 16.2. The van der Waals surface area contributed by atoms with Crippen molar-refractivity contribution in [1.29, 1.82) is 0 Å². The van der Waals surface area contributed by atoms with Gasteiger partial charge >= 0.3 is 5.69 Å². The van der Waals surface area contributed by atoms with E-state index < -0.39 is 10.5 Å². The molecule has 8 nitrogen and oxygen atoms in total. The van der Waals surface area contributed by atoms with E-state index in [9.17, 15) is 20.0 Å². The van der Waals surface area contributed by atoms with Crippen molar-refractivity contribution in [2.24, 2.45) is 0 Å². The van der Waals surface area contributed by atoms with Crippen molar-refractivity contribution in [2.75, 3.05) is 6.61 Å². The third kappa shape index (κ3) is 3.57. The zero-order valence-corrected chi connectivity index (χ0v) is 12.8. The van der Waals surface area contributed by atoms with Crippen molar-refractivity contribution in [3.63, 3.8) is 0 Å². The number of hydrogen-bond acceptors (Lipinski definition) is 5. The number of nitrogens with one attached hydrogen (secondary N) is 1. The van der Waals surface area contributed by atoms with Crippen LogP contribution in [0.4, 0.5) is 5.69 Å². The fraction of sp³-hybridized carbons (Fsp3) is 0.692. The topological polar surface area (TPSA) is 110 Å². The van der Waals surface area contributed by atoms with Crippen molar-refractivity contribution in [2.45, 2.75) is 52.6 Å². The summed E-state index contributed by atoms with van der Waals surface area (Å²) in [6.07, 6.45) is 1.20. The Kier molecular flexibility index (Phi) is 5.42. The highest BCUT2D eigenvalue weighted by Gasteiger charge is 2.28. The zero-order valence-electron chi connectivity index (χ0n) is 12.8. The minimum atomic E-state index is -0.654. The number of aryl methyl sites for hydroxylation is 1. The second-order valence-corrected chi connectivity index (χ2v) is 5.13. The van der Waals surface area contributed by atoms with Crippen LogP contribution in [-0.4, -0.2) is 37.9 Å². The largest absolute Gasteiger partial charge is 0.394 e. The predicted octanol–water partition coefficient (Wildman–Crippen LogP) is 1.08. The summed E-state index contributed by atoms with van der Waals surface area (Å²) < 4.78 is 1.32. The molecule has 0 atom stereocenters. The van der Waals surface area contributed by atoms with Gasteiger partial charge in [-0.3, -0.25) is 19.6 Å². The number of carbonyl (C=O) groups excluding carboxylic acids is 1. The van der Waals surface area contributed by atoms with Crippen LogP contribution >= 0.6 is 0 Å². The SMILES string of the molecule is CCC(CC)(CO)NC(=O)Cn1nc(C)c([N+](=O)[O-])c1C. The third-order valence-electron chi connectivity index (χ3n) is 3.88. The molecule has 118 valence electrons. The van der Waals surface area contributed by atoms with Crippen LogP contribution in [0.3, 0.4) is 0 Å². The number of aromatic nitrogens is 2. The molecule has 0 fully saturated rings. The van der Waals surface area contributed by atoms with Gasteiger partial charge in [-0.2, -0.15) is 5.10 Å². The highest BCUT2D eigenvalue weighted by molar-refractivity contribution is 5.76. The molecule has 0 bridgehead atoms. The van der Waals surface area contributed by atoms with Gasteiger partial charge in [0, 0.05) is 0 Å². The Bertz CT molecular complexity index is 526. The average Bonchev–Trinajstić information content (AvgIpc) is 2.70. The summed E-state index contributed by atoms with van der Waals surface area (Å²) in [7, 11) is 0. The number of nitro groups is 1. The molecule has 0 aliphatic heterocycles. The number of carbonyl (C=O) groups is 1. The van der Waals surface area contributed by atoms with E-state index >= 15 is 0 Å². The van der Waals surface area contributed by atoms with Gasteiger partial charge in [0.05, 0.1) is 17.1 Å². The summed E-state index contributed by atoms with van der Waals surface area (Å²) in [6.45, 7) is 6.60. The molecule has 1 heterocycles. The molecule has 8 heteroatoms. The van der Waals surface area contributed by atoms with Crippen molar-refractivity contribution in [1.82, 2.24) is 15.1 Å². The van der Waals surface area contributed by atoms with E-state index in [1.54, 1.807) is 6.92 Å². The van der Waals surface area contributed by atoms with E-state index in [2.05, 4.69) is 10.4 Å². The molecule has 0 spiro atoms. The number of aliphatic hydroxyl groups excluding tert-OH is 1. The second kappa shape index (κ2) is 6.66. The summed E-state index contributed by atoms with van der Waals surface area (Å²) in [5, 5.41) is 27.2. The van der Waals surface area contributed by atoms with E-state index in [1.807, 2.05) is 13.8 Å². The van der Waals surface area contributed by atoms with Gasteiger partial charge in [-0.25, -0.2) is 0 Å². The summed E-state index contributed by atoms with van der Waals surface area (Å²) in [4.78, 5) is 22.5. The van der Waals surface area contributed by atoms with Crippen LogP contribution in [0, 0.1) is 24.0 Å². The lowest BCUT2D eigenvalue weighted by atomic mass is 9.94. The first-order valence-electron chi connectivity index (χ1n) is 6.90. The standard InChI is InChI=1S/C13H22N4O4/c1-5-13(6-2,8-18)14-11(19)7-16-10(4)12(17(20)21)9(3)15-16/h18H,5-8H2,1-4H3,(H,14,19). The van der Waals surface area contributed by atoms with Crippen molar-refractivity contribution in [3.05, 3.63) is 21.5 Å². The van der Waals surface area contributed by atoms with Gasteiger partial charge in [0.15, 0.2) is 0 Å². The molecular formula is C13H22N4O4. The second-order valence-electron chi connectivity index (χ2n) is 5.13. The van der Waals surface area contributed by atoms with Crippen LogP contribution in [0.25, 0.3) is 0 Å². The van der Waals surface area contributed by atoms with Gasteiger partial charge in [0.25, 0.3) is 0 Å². The van der Waals surface area contributed by atoms with Crippen LogP contribution in [0.1, 0.15) is 38.1 Å². The van der Waals surface area contributed by atoms with Gasteiger partial charge in [0.1, 0.15) is 17.9 Å². The average molecular weight is 298 g/mol. The number of nitrogens with zero attached hydrogens (tertiary/aromatic N) is 3. The summed E-state index contributed by atoms with van der Waals surface area (Å²) >= 11 is 0. The number of rotatable bonds is 7. The van der Waals surface area contributed by atoms with Crippen molar-refractivity contribution in [3.8, 4) is 0 Å². The molecule has 0 aromatic carbocycles. The van der Waals surface area contributed by atoms with Gasteiger partial charge < -0.3 is 10.4 Å². The molecule has 1 rings (SSSR count). The fourth-order valence-corrected chi connectivity index (χ4v) is 2.27. The quantitative estimate of drug-likeness (QED) is 0.578. The van der Waals surface area contributed by atoms with E-state index in [1.165, 1.54) is 11.6 Å². The van der Waals surface area contributed by atoms with E-state index in [4.69, 9.17) is 0 Å². The fourth-order valence-electron chi connectivity index (χ4n) is 2.27. The number of amides is 1. The molecule has 0 aliphatic rings. The molecule has 0 saturated heterocycles. The van der Waals surface area contributed by atoms with Gasteiger partial charge in [-0.1, -0.05) is 13.8 Å². The van der Waals surface area contributed by atoms with Crippen LogP contribution < -0.4 is 5.32 Å². The normalized spacial score (nSPS) is 11.5. The summed E-state index contributed by atoms with van der Waals surface area (Å²) in [6, 6.07) is 0. The maximum absolute atomic E-state index is 12.1. The molecule has 1 aromatic rings. The molecule has 0 unspecified atom stereocenters. The van der Waals surface area contributed by atoms with E-state index in [0.29, 0.717) is 18.5 Å². The Morgan fingerprint density at radius 1 is 1.43 bits per heavy atom. The smallest absolute Gasteiger partial charge is 0.312 e. The molecule has 21 heavy (non-hydrogen) atoms. The first kappa shape index (κ1) is 17.1. The van der Waals surface area contributed by atoms with Crippen LogP contribution in [0.15, 0.2) is 0 Å². The van der Waals surface area contributed by atoms with E-state index in [0.717, 1.165) is 0 Å². The van der Waals surface area contributed by atoms with Gasteiger partial charge in [-0.05, 0) is 26.7 Å². The highest BCUT2D eigenvalue weighted by atomic mass is 16.6. The first-order valence-corrected chi connectivity index (χ1v) is 6.90. The maximum atomic E-state index is 12.1. The molecular weight excluding hydrogens is 276 g/mol. The van der Waals surface area contributed by atoms with Crippen molar-refractivity contribution < 1.29 is 14.8 Å². The Labute approximate surface area is 123 Å². The van der Waals surface area contributed by atoms with Crippen LogP contribution in [0.5, 0.6) is 0 Å². The molecule has 0 radical (unpaired) electrons. The van der Waals surface area contributed by atoms with Crippen LogP contribution in [-0.2, 0) is 11.3 Å². The maximum Gasteiger partial charge on any atom is 0.312 e. The van der Waals surface area contributed by atoms with E-state index in [-0.39, 0.29) is 30.4 Å². The molecule has 0 saturated carbocycles. The number of aliphatic hydroxyl groups is 1. The minimum absolute atomic E-state index is 0.0674. The van der Waals surface area contributed by atoms with Gasteiger partial charge in [-0.15, -0.1) is 0 Å². The van der Waals surface area contributed by atoms with Crippen LogP contribution in [0.2, 0.25) is 0 Å². The minimum Gasteiger partial charge on any atom is -0.394 e. The Balaban J connectivity index is 2.90. The Morgan fingerprint density at radius 3 is 2.38 bits per heavy atom. The molecule has 2 N–H and O–H groups in total. The predicted molar refractivity (Wildman–Crippen MR) is 76.9 cm³/mol. The summed E-state index contributed by atoms with van der Waals surface area (Å²) in [5.41, 5.74) is -0.0961. The lowest BCUT2D eigenvalue weighted by Crippen LogP contribution is -2.51. The summed E-state index contributed by atoms with van der Waals surface area (Å²) in [5.74, 6) is -0.326. The Hall–Kier alpha value is -1.96. The first-order chi connectivity index (χ1) is 9.80. The number of hydrogen-bond donors (Lipinski definition) is 2. The Morgan fingerprint density at radius 2 is 2.00 bits per heavy atom. The monoisotopic (exact) mass is 298 g/mol. The van der Waals surface area contributed by atoms with Gasteiger partial charge in [0.2, 0.25) is 5.91 Å². The third-order valence-corrected chi connectivity index (χ3v) is 3.88. The molecule has 1 aromatic heterocycles. The highest BCUT2D eigenvalue weighted by Crippen LogP contribution is 2.21. The van der Waals surface area contributed by atoms with Crippen molar-refractivity contribution >= 4 is 11.6 Å². The lowest BCUT2D eigenvalue weighted by molar-refractivity contribution is -0.386. The lowest BCUT2D eigenvalue weighted by Gasteiger charge is -2.30. The molecule has 1 amide bonds.